The first-order valence-corrected chi connectivity index (χ1v) is 9.86. The number of pyridine rings is 2. The third-order valence-corrected chi connectivity index (χ3v) is 5.60. The zero-order chi connectivity index (χ0) is 20.5. The van der Waals surface area contributed by atoms with Gasteiger partial charge in [-0.25, -0.2) is 0 Å². The molecule has 30 heavy (non-hydrogen) atoms. The van der Waals surface area contributed by atoms with Gasteiger partial charge in [0.25, 0.3) is 0 Å². The van der Waals surface area contributed by atoms with Crippen LogP contribution < -0.4 is 10.6 Å². The summed E-state index contributed by atoms with van der Waals surface area (Å²) in [5.41, 5.74) is 2.37. The highest BCUT2D eigenvalue weighted by Gasteiger charge is 2.52. The largest absolute Gasteiger partial charge is 0.365 e. The number of carbonyl (C=O) groups excluding carboxylic acids is 2. The van der Waals surface area contributed by atoms with Crippen molar-refractivity contribution in [1.29, 1.82) is 0 Å². The topological polar surface area (TPSA) is 93.2 Å². The van der Waals surface area contributed by atoms with Crippen LogP contribution in [0.15, 0.2) is 73.2 Å². The smallest absolute Gasteiger partial charge is 0.231 e. The average Bonchev–Trinajstić information content (AvgIpc) is 3.40. The fourth-order valence-corrected chi connectivity index (χ4v) is 4.17. The Morgan fingerprint density at radius 1 is 0.933 bits per heavy atom. The van der Waals surface area contributed by atoms with Crippen LogP contribution >= 0.6 is 0 Å². The van der Waals surface area contributed by atoms with Gasteiger partial charge in [-0.15, -0.1) is 0 Å². The van der Waals surface area contributed by atoms with E-state index in [1.54, 1.807) is 18.6 Å². The molecular formula is C23H20N4O3. The number of nitrogens with zero attached hydrogens (tertiary/aromatic N) is 2. The van der Waals surface area contributed by atoms with Crippen LogP contribution in [0.25, 0.3) is 10.9 Å². The van der Waals surface area contributed by atoms with Crippen molar-refractivity contribution in [3.05, 3.63) is 78.8 Å². The van der Waals surface area contributed by atoms with Crippen LogP contribution in [0.5, 0.6) is 0 Å². The summed E-state index contributed by atoms with van der Waals surface area (Å²) in [6.45, 7) is 0.355. The minimum absolute atomic E-state index is 0.199. The van der Waals surface area contributed by atoms with Crippen LogP contribution in [0, 0.1) is 11.8 Å². The Balaban J connectivity index is 1.35. The molecule has 7 nitrogen and oxygen atoms in total. The number of aromatic nitrogens is 2. The number of ether oxygens (including phenoxy) is 1. The van der Waals surface area contributed by atoms with Gasteiger partial charge in [0, 0.05) is 30.5 Å². The molecule has 3 aromatic rings. The first kappa shape index (κ1) is 18.4. The Kier molecular flexibility index (Phi) is 4.72. The van der Waals surface area contributed by atoms with Crippen LogP contribution in [-0.2, 0) is 20.9 Å². The maximum absolute atomic E-state index is 13.2. The second-order valence-electron chi connectivity index (χ2n) is 7.45. The molecule has 2 bridgehead atoms. The first-order valence-electron chi connectivity index (χ1n) is 9.86. The molecule has 2 amide bonds. The summed E-state index contributed by atoms with van der Waals surface area (Å²) in [7, 11) is 0. The van der Waals surface area contributed by atoms with Crippen molar-refractivity contribution in [3.8, 4) is 0 Å². The zero-order valence-corrected chi connectivity index (χ0v) is 16.1. The molecular weight excluding hydrogens is 380 g/mol. The van der Waals surface area contributed by atoms with Gasteiger partial charge in [-0.05, 0) is 35.9 Å². The second-order valence-corrected chi connectivity index (χ2v) is 7.45. The Morgan fingerprint density at radius 3 is 2.53 bits per heavy atom. The van der Waals surface area contributed by atoms with E-state index >= 15 is 0 Å². The van der Waals surface area contributed by atoms with Gasteiger partial charge < -0.3 is 15.4 Å². The van der Waals surface area contributed by atoms with Crippen molar-refractivity contribution < 1.29 is 14.3 Å². The zero-order valence-electron chi connectivity index (χ0n) is 16.1. The van der Waals surface area contributed by atoms with E-state index in [9.17, 15) is 9.59 Å². The van der Waals surface area contributed by atoms with E-state index in [0.717, 1.165) is 16.5 Å². The lowest BCUT2D eigenvalue weighted by Gasteiger charge is -2.24. The molecule has 4 heterocycles. The summed E-state index contributed by atoms with van der Waals surface area (Å²) in [5, 5.41) is 6.76. The lowest BCUT2D eigenvalue weighted by atomic mass is 9.81. The first-order chi connectivity index (χ1) is 14.7. The van der Waals surface area contributed by atoms with E-state index in [2.05, 4.69) is 20.6 Å². The van der Waals surface area contributed by atoms with Gasteiger partial charge in [0.2, 0.25) is 11.8 Å². The normalized spacial score (nSPS) is 24.1. The molecule has 0 spiro atoms. The summed E-state index contributed by atoms with van der Waals surface area (Å²) < 4.78 is 5.86. The molecule has 150 valence electrons. The Morgan fingerprint density at radius 2 is 1.73 bits per heavy atom. The SMILES string of the molecule is O=C(NCc1cccnc1)[C@@H]1[C@H](C(=O)Nc2cccc3ncccc23)[C@H]2C=C[C@@H]1O2. The third kappa shape index (κ3) is 3.33. The average molecular weight is 400 g/mol. The molecule has 1 saturated heterocycles. The Labute approximate surface area is 173 Å². The van der Waals surface area contributed by atoms with Crippen LogP contribution in [0.1, 0.15) is 5.56 Å². The lowest BCUT2D eigenvalue weighted by Crippen LogP contribution is -2.44. The van der Waals surface area contributed by atoms with Crippen molar-refractivity contribution in [2.45, 2.75) is 18.8 Å². The standard InChI is InChI=1S/C23H20N4O3/c28-22(26-13-14-4-2-10-24-12-14)20-18-8-9-19(30-18)21(20)23(29)27-17-7-1-6-16-15(17)5-3-11-25-16/h1-12,18-21H,13H2,(H,26,28)(H,27,29)/t18-,19+,20-,21+/m0/s1. The van der Waals surface area contributed by atoms with E-state index in [0.29, 0.717) is 12.2 Å². The highest BCUT2D eigenvalue weighted by Crippen LogP contribution is 2.40. The molecule has 2 aliphatic rings. The van der Waals surface area contributed by atoms with E-state index in [-0.39, 0.29) is 11.8 Å². The van der Waals surface area contributed by atoms with Gasteiger partial charge in [-0.3, -0.25) is 19.6 Å². The monoisotopic (exact) mass is 400 g/mol. The van der Waals surface area contributed by atoms with E-state index < -0.39 is 24.0 Å². The molecule has 0 aliphatic carbocycles. The fraction of sp³-hybridized carbons (Fsp3) is 0.217. The maximum atomic E-state index is 13.2. The van der Waals surface area contributed by atoms with Crippen molar-refractivity contribution >= 4 is 28.4 Å². The lowest BCUT2D eigenvalue weighted by molar-refractivity contribution is -0.131. The van der Waals surface area contributed by atoms with Gasteiger partial charge in [-0.1, -0.05) is 24.3 Å². The highest BCUT2D eigenvalue weighted by molar-refractivity contribution is 6.03. The van der Waals surface area contributed by atoms with Crippen LogP contribution in [0.3, 0.4) is 0 Å². The molecule has 2 aromatic heterocycles. The van der Waals surface area contributed by atoms with Gasteiger partial charge >= 0.3 is 0 Å². The molecule has 0 unspecified atom stereocenters. The summed E-state index contributed by atoms with van der Waals surface area (Å²) in [4.78, 5) is 34.5. The number of hydrogen-bond acceptors (Lipinski definition) is 5. The minimum atomic E-state index is -0.596. The predicted molar refractivity (Wildman–Crippen MR) is 111 cm³/mol. The van der Waals surface area contributed by atoms with Crippen LogP contribution in [0.4, 0.5) is 5.69 Å². The molecule has 4 atom stereocenters. The number of carbonyl (C=O) groups is 2. The van der Waals surface area contributed by atoms with Crippen molar-refractivity contribution in [1.82, 2.24) is 15.3 Å². The molecule has 2 N–H and O–H groups in total. The second kappa shape index (κ2) is 7.68. The van der Waals surface area contributed by atoms with Crippen molar-refractivity contribution in [2.24, 2.45) is 11.8 Å². The van der Waals surface area contributed by atoms with Gasteiger partial charge in [0.1, 0.15) is 0 Å². The minimum Gasteiger partial charge on any atom is -0.365 e. The number of anilines is 1. The quantitative estimate of drug-likeness (QED) is 0.642. The van der Waals surface area contributed by atoms with Crippen LogP contribution in [0.2, 0.25) is 0 Å². The predicted octanol–water partition coefficient (Wildman–Crippen LogP) is 2.45. The van der Waals surface area contributed by atoms with Crippen molar-refractivity contribution in [2.75, 3.05) is 5.32 Å². The number of benzene rings is 1. The molecule has 0 saturated carbocycles. The molecule has 1 fully saturated rings. The maximum Gasteiger partial charge on any atom is 0.231 e. The number of amides is 2. The molecule has 0 radical (unpaired) electrons. The summed E-state index contributed by atoms with van der Waals surface area (Å²) in [6, 6.07) is 13.0. The van der Waals surface area contributed by atoms with E-state index in [1.807, 2.05) is 54.6 Å². The third-order valence-electron chi connectivity index (χ3n) is 5.60. The molecule has 7 heteroatoms. The molecule has 5 rings (SSSR count). The number of fused-ring (bicyclic) bond motifs is 3. The highest BCUT2D eigenvalue weighted by atomic mass is 16.5. The summed E-state index contributed by atoms with van der Waals surface area (Å²) in [6.07, 6.45) is 8.03. The summed E-state index contributed by atoms with van der Waals surface area (Å²) >= 11 is 0. The van der Waals surface area contributed by atoms with Crippen LogP contribution in [-0.4, -0.2) is 34.0 Å². The van der Waals surface area contributed by atoms with Gasteiger partial charge in [0.15, 0.2) is 0 Å². The number of rotatable bonds is 5. The summed E-state index contributed by atoms with van der Waals surface area (Å²) in [5.74, 6) is -1.61. The van der Waals surface area contributed by atoms with Gasteiger partial charge in [0.05, 0.1) is 35.2 Å². The van der Waals surface area contributed by atoms with Gasteiger partial charge in [-0.2, -0.15) is 0 Å². The van der Waals surface area contributed by atoms with E-state index in [4.69, 9.17) is 4.74 Å². The van der Waals surface area contributed by atoms with E-state index in [1.165, 1.54) is 0 Å². The Hall–Kier alpha value is -3.58. The number of nitrogens with one attached hydrogen (secondary N) is 2. The molecule has 2 aliphatic heterocycles. The molecule has 1 aromatic carbocycles. The van der Waals surface area contributed by atoms with Crippen molar-refractivity contribution in [3.63, 3.8) is 0 Å². The number of hydrogen-bond donors (Lipinski definition) is 2. The Bertz CT molecular complexity index is 1130. The fourth-order valence-electron chi connectivity index (χ4n) is 4.17.